The first-order chi connectivity index (χ1) is 10.1. The molecule has 0 spiro atoms. The Labute approximate surface area is 125 Å². The van der Waals surface area contributed by atoms with Crippen LogP contribution in [0.15, 0.2) is 36.4 Å². The van der Waals surface area contributed by atoms with E-state index in [1.807, 2.05) is 12.1 Å². The second-order valence-electron chi connectivity index (χ2n) is 4.05. The summed E-state index contributed by atoms with van der Waals surface area (Å²) in [4.78, 5) is 4.24. The number of halogens is 3. The second kappa shape index (κ2) is 7.08. The van der Waals surface area contributed by atoms with Gasteiger partial charge in [0.25, 0.3) is 0 Å². The number of hydrogen-bond donors (Lipinski definition) is 1. The third kappa shape index (κ3) is 4.46. The van der Waals surface area contributed by atoms with Gasteiger partial charge in [0.15, 0.2) is 0 Å². The average Bonchev–Trinajstić information content (AvgIpc) is 2.47. The minimum absolute atomic E-state index is 0.0586. The quantitative estimate of drug-likeness (QED) is 0.876. The highest BCUT2D eigenvalue weighted by molar-refractivity contribution is 6.32. The Balaban J connectivity index is 2.01. The summed E-state index contributed by atoms with van der Waals surface area (Å²) in [5, 5.41) is 3.20. The van der Waals surface area contributed by atoms with E-state index in [-0.39, 0.29) is 10.8 Å². The van der Waals surface area contributed by atoms with E-state index >= 15 is 0 Å². The van der Waals surface area contributed by atoms with E-state index in [1.165, 1.54) is 12.1 Å². The van der Waals surface area contributed by atoms with Gasteiger partial charge in [0.1, 0.15) is 5.75 Å². The molecule has 1 aromatic carbocycles. The molecule has 1 heterocycles. The van der Waals surface area contributed by atoms with Crippen molar-refractivity contribution in [1.29, 1.82) is 0 Å². The summed E-state index contributed by atoms with van der Waals surface area (Å²) in [7, 11) is 1.54. The highest BCUT2D eigenvalue weighted by atomic mass is 35.5. The SMILES string of the molecule is COc1cccc(CNc2ccc(OC(F)F)c(Cl)c2)n1. The lowest BCUT2D eigenvalue weighted by molar-refractivity contribution is -0.0497. The summed E-state index contributed by atoms with van der Waals surface area (Å²) in [5.74, 6) is 0.463. The van der Waals surface area contributed by atoms with E-state index in [1.54, 1.807) is 19.2 Å². The molecule has 0 aliphatic rings. The van der Waals surface area contributed by atoms with Crippen molar-refractivity contribution >= 4 is 17.3 Å². The van der Waals surface area contributed by atoms with Gasteiger partial charge < -0.3 is 14.8 Å². The molecule has 2 rings (SSSR count). The van der Waals surface area contributed by atoms with Gasteiger partial charge in [-0.2, -0.15) is 8.78 Å². The van der Waals surface area contributed by atoms with Crippen LogP contribution in [0.3, 0.4) is 0 Å². The molecule has 0 atom stereocenters. The van der Waals surface area contributed by atoms with Crippen LogP contribution >= 0.6 is 11.6 Å². The lowest BCUT2D eigenvalue weighted by Gasteiger charge is -2.10. The van der Waals surface area contributed by atoms with Crippen molar-refractivity contribution < 1.29 is 18.3 Å². The molecule has 0 amide bonds. The number of pyridine rings is 1. The fourth-order valence-electron chi connectivity index (χ4n) is 1.66. The first kappa shape index (κ1) is 15.3. The van der Waals surface area contributed by atoms with Gasteiger partial charge in [-0.15, -0.1) is 0 Å². The van der Waals surface area contributed by atoms with Gasteiger partial charge >= 0.3 is 6.61 Å². The molecule has 7 heteroatoms. The molecule has 0 aliphatic carbocycles. The van der Waals surface area contributed by atoms with E-state index < -0.39 is 6.61 Å². The van der Waals surface area contributed by atoms with Crippen LogP contribution in [-0.4, -0.2) is 18.7 Å². The number of methoxy groups -OCH3 is 1. The molecule has 21 heavy (non-hydrogen) atoms. The lowest BCUT2D eigenvalue weighted by atomic mass is 10.3. The Morgan fingerprint density at radius 3 is 2.76 bits per heavy atom. The van der Waals surface area contributed by atoms with Gasteiger partial charge in [-0.3, -0.25) is 0 Å². The molecule has 0 bridgehead atoms. The highest BCUT2D eigenvalue weighted by Crippen LogP contribution is 2.29. The summed E-state index contributed by atoms with van der Waals surface area (Å²) < 4.78 is 33.6. The maximum atomic E-state index is 12.1. The highest BCUT2D eigenvalue weighted by Gasteiger charge is 2.09. The number of alkyl halides is 2. The lowest BCUT2D eigenvalue weighted by Crippen LogP contribution is -2.04. The van der Waals surface area contributed by atoms with Crippen molar-refractivity contribution in [3.8, 4) is 11.6 Å². The largest absolute Gasteiger partial charge is 0.481 e. The summed E-state index contributed by atoms with van der Waals surface area (Å²) >= 11 is 5.87. The van der Waals surface area contributed by atoms with Gasteiger partial charge in [-0.25, -0.2) is 4.98 Å². The third-order valence-electron chi connectivity index (χ3n) is 2.61. The van der Waals surface area contributed by atoms with Gasteiger partial charge in [-0.05, 0) is 24.3 Å². The molecular formula is C14H13ClF2N2O2. The molecule has 1 N–H and O–H groups in total. The number of nitrogens with zero attached hydrogens (tertiary/aromatic N) is 1. The zero-order valence-corrected chi connectivity index (χ0v) is 11.9. The van der Waals surface area contributed by atoms with Gasteiger partial charge in [0, 0.05) is 11.8 Å². The minimum Gasteiger partial charge on any atom is -0.481 e. The van der Waals surface area contributed by atoms with E-state index in [9.17, 15) is 8.78 Å². The van der Waals surface area contributed by atoms with Crippen molar-refractivity contribution in [3.63, 3.8) is 0 Å². The van der Waals surface area contributed by atoms with Crippen molar-refractivity contribution in [2.45, 2.75) is 13.2 Å². The molecule has 112 valence electrons. The molecular weight excluding hydrogens is 302 g/mol. The number of ether oxygens (including phenoxy) is 2. The van der Waals surface area contributed by atoms with Crippen LogP contribution in [-0.2, 0) is 6.54 Å². The molecule has 1 aromatic heterocycles. The standard InChI is InChI=1S/C14H13ClF2N2O2/c1-20-13-4-2-3-10(19-13)8-18-9-5-6-12(11(15)7-9)21-14(16)17/h2-7,14,18H,8H2,1H3. The fraction of sp³-hybridized carbons (Fsp3) is 0.214. The molecule has 0 aliphatic heterocycles. The van der Waals surface area contributed by atoms with Crippen LogP contribution in [0, 0.1) is 0 Å². The monoisotopic (exact) mass is 314 g/mol. The molecule has 0 fully saturated rings. The molecule has 0 unspecified atom stereocenters. The summed E-state index contributed by atoms with van der Waals surface area (Å²) in [6.45, 7) is -2.45. The zero-order valence-electron chi connectivity index (χ0n) is 11.1. The smallest absolute Gasteiger partial charge is 0.387 e. The van der Waals surface area contributed by atoms with Gasteiger partial charge in [0.2, 0.25) is 5.88 Å². The topological polar surface area (TPSA) is 43.4 Å². The first-order valence-corrected chi connectivity index (χ1v) is 6.44. The fourth-order valence-corrected chi connectivity index (χ4v) is 1.89. The van der Waals surface area contributed by atoms with Gasteiger partial charge in [0.05, 0.1) is 24.4 Å². The Morgan fingerprint density at radius 1 is 1.29 bits per heavy atom. The van der Waals surface area contributed by atoms with Crippen LogP contribution in [0.5, 0.6) is 11.6 Å². The van der Waals surface area contributed by atoms with E-state index in [2.05, 4.69) is 15.0 Å². The summed E-state index contributed by atoms with van der Waals surface area (Å²) in [6.07, 6.45) is 0. The summed E-state index contributed by atoms with van der Waals surface area (Å²) in [6, 6.07) is 9.91. The maximum Gasteiger partial charge on any atom is 0.387 e. The molecule has 4 nitrogen and oxygen atoms in total. The number of rotatable bonds is 6. The Kier molecular flexibility index (Phi) is 5.16. The number of nitrogens with one attached hydrogen (secondary N) is 1. The van der Waals surface area contributed by atoms with E-state index in [0.717, 1.165) is 5.69 Å². The summed E-state index contributed by atoms with van der Waals surface area (Å²) in [5.41, 5.74) is 1.45. The zero-order chi connectivity index (χ0) is 15.2. The van der Waals surface area contributed by atoms with Crippen LogP contribution < -0.4 is 14.8 Å². The normalized spacial score (nSPS) is 10.5. The molecule has 0 saturated carbocycles. The van der Waals surface area contributed by atoms with Crippen molar-refractivity contribution in [1.82, 2.24) is 4.98 Å². The maximum absolute atomic E-state index is 12.1. The van der Waals surface area contributed by atoms with E-state index in [4.69, 9.17) is 16.3 Å². The van der Waals surface area contributed by atoms with Crippen molar-refractivity contribution in [3.05, 3.63) is 47.1 Å². The number of benzene rings is 1. The Bertz CT molecular complexity index is 611. The average molecular weight is 315 g/mol. The first-order valence-electron chi connectivity index (χ1n) is 6.06. The van der Waals surface area contributed by atoms with Crippen LogP contribution in [0.2, 0.25) is 5.02 Å². The third-order valence-corrected chi connectivity index (χ3v) is 2.91. The van der Waals surface area contributed by atoms with Crippen molar-refractivity contribution in [2.75, 3.05) is 12.4 Å². The van der Waals surface area contributed by atoms with Crippen LogP contribution in [0.1, 0.15) is 5.69 Å². The minimum atomic E-state index is -2.90. The molecule has 2 aromatic rings. The van der Waals surface area contributed by atoms with Gasteiger partial charge in [-0.1, -0.05) is 17.7 Å². The Hall–Kier alpha value is -2.08. The number of hydrogen-bond acceptors (Lipinski definition) is 4. The predicted octanol–water partition coefficient (Wildman–Crippen LogP) is 3.96. The van der Waals surface area contributed by atoms with Crippen LogP contribution in [0.25, 0.3) is 0 Å². The number of aromatic nitrogens is 1. The second-order valence-corrected chi connectivity index (χ2v) is 4.46. The van der Waals surface area contributed by atoms with Crippen LogP contribution in [0.4, 0.5) is 14.5 Å². The van der Waals surface area contributed by atoms with E-state index in [0.29, 0.717) is 18.1 Å². The molecule has 0 saturated heterocycles. The molecule has 0 radical (unpaired) electrons. The predicted molar refractivity (Wildman–Crippen MR) is 76.2 cm³/mol. The van der Waals surface area contributed by atoms with Crippen molar-refractivity contribution in [2.24, 2.45) is 0 Å². The number of anilines is 1. The Morgan fingerprint density at radius 2 is 2.10 bits per heavy atom.